The second-order valence-corrected chi connectivity index (χ2v) is 4.51. The molecule has 0 unspecified atom stereocenters. The van der Waals surface area contributed by atoms with Crippen molar-refractivity contribution in [3.63, 3.8) is 0 Å². The van der Waals surface area contributed by atoms with Gasteiger partial charge in [0.2, 0.25) is 0 Å². The van der Waals surface area contributed by atoms with E-state index in [9.17, 15) is 13.2 Å². The number of thioether (sulfide) groups is 1. The number of alkyl halides is 3. The SMILES string of the molecule is CSc1ncc(C(F)(F)F)c(C#Cc2ccccc2)n1. The van der Waals surface area contributed by atoms with E-state index < -0.39 is 11.7 Å². The van der Waals surface area contributed by atoms with E-state index in [1.165, 1.54) is 11.8 Å². The highest BCUT2D eigenvalue weighted by molar-refractivity contribution is 7.98. The molecule has 0 aliphatic heterocycles. The minimum Gasteiger partial charge on any atom is -0.230 e. The van der Waals surface area contributed by atoms with Crippen LogP contribution in [0.1, 0.15) is 16.8 Å². The maximum Gasteiger partial charge on any atom is 0.420 e. The van der Waals surface area contributed by atoms with E-state index in [1.54, 1.807) is 30.5 Å². The van der Waals surface area contributed by atoms with E-state index in [2.05, 4.69) is 21.8 Å². The van der Waals surface area contributed by atoms with Crippen molar-refractivity contribution in [2.75, 3.05) is 6.26 Å². The highest BCUT2D eigenvalue weighted by atomic mass is 32.2. The first-order chi connectivity index (χ1) is 9.50. The molecule has 0 spiro atoms. The topological polar surface area (TPSA) is 25.8 Å². The molecule has 0 aliphatic carbocycles. The summed E-state index contributed by atoms with van der Waals surface area (Å²) in [5, 5.41) is 0.260. The minimum absolute atomic E-state index is 0.260. The molecule has 0 radical (unpaired) electrons. The van der Waals surface area contributed by atoms with Crippen molar-refractivity contribution >= 4 is 11.8 Å². The van der Waals surface area contributed by atoms with Gasteiger partial charge in [0, 0.05) is 11.8 Å². The Morgan fingerprint density at radius 3 is 2.40 bits per heavy atom. The molecule has 1 heterocycles. The van der Waals surface area contributed by atoms with Gasteiger partial charge in [0.1, 0.15) is 11.3 Å². The second-order valence-electron chi connectivity index (χ2n) is 3.73. The predicted octanol–water partition coefficient (Wildman–Crippen LogP) is 3.62. The first-order valence-electron chi connectivity index (χ1n) is 5.56. The van der Waals surface area contributed by atoms with Gasteiger partial charge < -0.3 is 0 Å². The van der Waals surface area contributed by atoms with Crippen LogP contribution in [0, 0.1) is 11.8 Å². The van der Waals surface area contributed by atoms with Gasteiger partial charge in [0.15, 0.2) is 5.16 Å². The minimum atomic E-state index is -4.52. The van der Waals surface area contributed by atoms with Crippen LogP contribution in [0.5, 0.6) is 0 Å². The molecule has 0 saturated heterocycles. The van der Waals surface area contributed by atoms with Gasteiger partial charge in [-0.25, -0.2) is 9.97 Å². The Kier molecular flexibility index (Phi) is 4.30. The number of rotatable bonds is 1. The van der Waals surface area contributed by atoms with Gasteiger partial charge in [-0.2, -0.15) is 13.2 Å². The molecule has 2 rings (SSSR count). The summed E-state index contributed by atoms with van der Waals surface area (Å²) >= 11 is 1.17. The Morgan fingerprint density at radius 2 is 1.80 bits per heavy atom. The van der Waals surface area contributed by atoms with Gasteiger partial charge >= 0.3 is 6.18 Å². The van der Waals surface area contributed by atoms with Crippen molar-refractivity contribution in [3.05, 3.63) is 53.3 Å². The van der Waals surface area contributed by atoms with Gasteiger partial charge in [-0.1, -0.05) is 35.9 Å². The fourth-order valence-electron chi connectivity index (χ4n) is 1.42. The van der Waals surface area contributed by atoms with E-state index in [0.29, 0.717) is 5.56 Å². The molecular formula is C14H9F3N2S. The highest BCUT2D eigenvalue weighted by Crippen LogP contribution is 2.31. The lowest BCUT2D eigenvalue weighted by Crippen LogP contribution is -2.10. The molecule has 1 aromatic heterocycles. The third-order valence-electron chi connectivity index (χ3n) is 2.35. The zero-order valence-electron chi connectivity index (χ0n) is 10.4. The van der Waals surface area contributed by atoms with Crippen molar-refractivity contribution in [1.82, 2.24) is 9.97 Å². The smallest absolute Gasteiger partial charge is 0.230 e. The van der Waals surface area contributed by atoms with Crippen LogP contribution in [0.3, 0.4) is 0 Å². The highest BCUT2D eigenvalue weighted by Gasteiger charge is 2.34. The summed E-state index contributed by atoms with van der Waals surface area (Å²) in [6, 6.07) is 8.78. The molecule has 1 aromatic carbocycles. The summed E-state index contributed by atoms with van der Waals surface area (Å²) in [6.07, 6.45) is -2.05. The molecule has 0 aliphatic rings. The van der Waals surface area contributed by atoms with Gasteiger partial charge in [0.25, 0.3) is 0 Å². The molecule has 2 aromatic rings. The van der Waals surface area contributed by atoms with Gasteiger partial charge in [-0.3, -0.25) is 0 Å². The van der Waals surface area contributed by atoms with Gasteiger partial charge in [0.05, 0.1) is 0 Å². The first kappa shape index (κ1) is 14.4. The van der Waals surface area contributed by atoms with Crippen molar-refractivity contribution in [2.45, 2.75) is 11.3 Å². The largest absolute Gasteiger partial charge is 0.420 e. The molecule has 2 nitrogen and oxygen atoms in total. The molecule has 0 atom stereocenters. The molecule has 6 heteroatoms. The molecule has 20 heavy (non-hydrogen) atoms. The van der Waals surface area contributed by atoms with Crippen molar-refractivity contribution in [1.29, 1.82) is 0 Å². The van der Waals surface area contributed by atoms with Crippen LogP contribution in [0.25, 0.3) is 0 Å². The molecule has 102 valence electrons. The van der Waals surface area contributed by atoms with Crippen LogP contribution < -0.4 is 0 Å². The zero-order valence-corrected chi connectivity index (χ0v) is 11.2. The second kappa shape index (κ2) is 5.97. The predicted molar refractivity (Wildman–Crippen MR) is 71.2 cm³/mol. The Hall–Kier alpha value is -2.00. The third-order valence-corrected chi connectivity index (χ3v) is 2.92. The van der Waals surface area contributed by atoms with Crippen LogP contribution in [0.4, 0.5) is 13.2 Å². The maximum atomic E-state index is 12.9. The van der Waals surface area contributed by atoms with Crippen molar-refractivity contribution in [2.24, 2.45) is 0 Å². The Bertz CT molecular complexity index is 658. The van der Waals surface area contributed by atoms with Crippen LogP contribution in [-0.4, -0.2) is 16.2 Å². The van der Waals surface area contributed by atoms with E-state index in [-0.39, 0.29) is 10.9 Å². The van der Waals surface area contributed by atoms with Gasteiger partial charge in [-0.15, -0.1) is 0 Å². The number of nitrogens with zero attached hydrogens (tertiary/aromatic N) is 2. The average molecular weight is 294 g/mol. The summed E-state index contributed by atoms with van der Waals surface area (Å²) in [5.74, 6) is 5.15. The van der Waals surface area contributed by atoms with Crippen LogP contribution >= 0.6 is 11.8 Å². The molecular weight excluding hydrogens is 285 g/mol. The van der Waals surface area contributed by atoms with Crippen LogP contribution in [0.2, 0.25) is 0 Å². The average Bonchev–Trinajstić information content (AvgIpc) is 2.45. The van der Waals surface area contributed by atoms with Crippen LogP contribution in [0.15, 0.2) is 41.7 Å². The molecule has 0 N–H and O–H groups in total. The normalized spacial score (nSPS) is 10.8. The first-order valence-corrected chi connectivity index (χ1v) is 6.78. The van der Waals surface area contributed by atoms with E-state index in [1.807, 2.05) is 6.07 Å². The van der Waals surface area contributed by atoms with Crippen molar-refractivity contribution in [3.8, 4) is 11.8 Å². The van der Waals surface area contributed by atoms with E-state index in [0.717, 1.165) is 6.20 Å². The molecule has 0 bridgehead atoms. The van der Waals surface area contributed by atoms with Gasteiger partial charge in [-0.05, 0) is 24.3 Å². The Morgan fingerprint density at radius 1 is 1.10 bits per heavy atom. The summed E-state index contributed by atoms with van der Waals surface area (Å²) in [7, 11) is 0. The summed E-state index contributed by atoms with van der Waals surface area (Å²) in [4.78, 5) is 7.47. The van der Waals surface area contributed by atoms with Crippen molar-refractivity contribution < 1.29 is 13.2 Å². The fraction of sp³-hybridized carbons (Fsp3) is 0.143. The standard InChI is InChI=1S/C14H9F3N2S/c1-20-13-18-9-11(14(15,16)17)12(19-13)8-7-10-5-3-2-4-6-10/h2-6,9H,1H3. The fourth-order valence-corrected chi connectivity index (χ4v) is 1.76. The van der Waals surface area contributed by atoms with Crippen LogP contribution in [-0.2, 0) is 6.18 Å². The summed E-state index contributed by atoms with van der Waals surface area (Å²) < 4.78 is 38.6. The lowest BCUT2D eigenvalue weighted by Gasteiger charge is -2.08. The van der Waals surface area contributed by atoms with E-state index in [4.69, 9.17) is 0 Å². The molecule has 0 saturated carbocycles. The van der Waals surface area contributed by atoms with E-state index >= 15 is 0 Å². The lowest BCUT2D eigenvalue weighted by atomic mass is 10.2. The summed E-state index contributed by atoms with van der Waals surface area (Å²) in [6.45, 7) is 0. The Labute approximate surface area is 118 Å². The Balaban J connectivity index is 2.47. The number of halogens is 3. The maximum absolute atomic E-state index is 12.9. The monoisotopic (exact) mass is 294 g/mol. The summed E-state index contributed by atoms with van der Waals surface area (Å²) in [5.41, 5.74) is -0.593. The quantitative estimate of drug-likeness (QED) is 0.456. The zero-order chi connectivity index (χ0) is 14.6. The number of hydrogen-bond donors (Lipinski definition) is 0. The number of aromatic nitrogens is 2. The third kappa shape index (κ3) is 3.52. The molecule has 0 fully saturated rings. The number of benzene rings is 1. The molecule has 0 amide bonds. The lowest BCUT2D eigenvalue weighted by molar-refractivity contribution is -0.138. The number of hydrogen-bond acceptors (Lipinski definition) is 3.